The standard InChI is InChI=1S/C20H31N3O/c1-3-18(8-11-21)22-12-9-20(10-13-22)15-23(16(2)24)14-17-6-4-5-7-19(17)20/h4-7,18H,3,8-15,21H2,1-2H3. The highest BCUT2D eigenvalue weighted by atomic mass is 16.2. The molecule has 132 valence electrons. The molecule has 0 bridgehead atoms. The fraction of sp³-hybridized carbons (Fsp3) is 0.650. The van der Waals surface area contributed by atoms with Gasteiger partial charge in [-0.3, -0.25) is 4.79 Å². The van der Waals surface area contributed by atoms with Crippen LogP contribution in [0.1, 0.15) is 50.7 Å². The van der Waals surface area contributed by atoms with Gasteiger partial charge >= 0.3 is 0 Å². The molecule has 4 nitrogen and oxygen atoms in total. The molecule has 1 unspecified atom stereocenters. The molecule has 2 heterocycles. The van der Waals surface area contributed by atoms with Crippen molar-refractivity contribution in [2.45, 2.75) is 57.5 Å². The molecule has 1 fully saturated rings. The number of carbonyl (C=O) groups excluding carboxylic acids is 1. The molecule has 1 aromatic carbocycles. The highest BCUT2D eigenvalue weighted by Gasteiger charge is 2.43. The van der Waals surface area contributed by atoms with Gasteiger partial charge in [0, 0.05) is 31.5 Å². The van der Waals surface area contributed by atoms with Gasteiger partial charge in [0.15, 0.2) is 0 Å². The average Bonchev–Trinajstić information content (AvgIpc) is 2.60. The molecule has 2 aliphatic rings. The van der Waals surface area contributed by atoms with Crippen LogP contribution in [-0.2, 0) is 16.8 Å². The monoisotopic (exact) mass is 329 g/mol. The summed E-state index contributed by atoms with van der Waals surface area (Å²) in [7, 11) is 0. The summed E-state index contributed by atoms with van der Waals surface area (Å²) in [6, 6.07) is 9.34. The summed E-state index contributed by atoms with van der Waals surface area (Å²) in [6.45, 7) is 8.59. The van der Waals surface area contributed by atoms with Crippen molar-refractivity contribution in [1.29, 1.82) is 0 Å². The summed E-state index contributed by atoms with van der Waals surface area (Å²) in [4.78, 5) is 16.7. The molecule has 1 spiro atoms. The summed E-state index contributed by atoms with van der Waals surface area (Å²) in [5.41, 5.74) is 8.74. The Bertz CT molecular complexity index is 578. The number of nitrogens with two attached hydrogens (primary N) is 1. The third kappa shape index (κ3) is 3.22. The molecule has 1 saturated heterocycles. The van der Waals surface area contributed by atoms with Gasteiger partial charge in [0.25, 0.3) is 0 Å². The van der Waals surface area contributed by atoms with Gasteiger partial charge in [-0.05, 0) is 56.4 Å². The van der Waals surface area contributed by atoms with Crippen molar-refractivity contribution < 1.29 is 4.79 Å². The lowest BCUT2D eigenvalue weighted by Gasteiger charge is -2.50. The van der Waals surface area contributed by atoms with Crippen molar-refractivity contribution in [2.24, 2.45) is 5.73 Å². The first-order valence-corrected chi connectivity index (χ1v) is 9.37. The summed E-state index contributed by atoms with van der Waals surface area (Å²) in [6.07, 6.45) is 4.52. The maximum Gasteiger partial charge on any atom is 0.219 e. The van der Waals surface area contributed by atoms with Crippen molar-refractivity contribution in [3.63, 3.8) is 0 Å². The van der Waals surface area contributed by atoms with Crippen LogP contribution in [0.2, 0.25) is 0 Å². The van der Waals surface area contributed by atoms with E-state index < -0.39 is 0 Å². The van der Waals surface area contributed by atoms with Crippen molar-refractivity contribution in [1.82, 2.24) is 9.80 Å². The zero-order chi connectivity index (χ0) is 17.2. The van der Waals surface area contributed by atoms with E-state index in [1.54, 1.807) is 6.92 Å². The Morgan fingerprint density at radius 2 is 2.00 bits per heavy atom. The number of benzene rings is 1. The predicted molar refractivity (Wildman–Crippen MR) is 97.8 cm³/mol. The summed E-state index contributed by atoms with van der Waals surface area (Å²) in [5, 5.41) is 0. The minimum Gasteiger partial charge on any atom is -0.338 e. The molecule has 1 aromatic rings. The van der Waals surface area contributed by atoms with Crippen LogP contribution in [0.15, 0.2) is 24.3 Å². The Morgan fingerprint density at radius 1 is 1.29 bits per heavy atom. The van der Waals surface area contributed by atoms with Crippen molar-refractivity contribution >= 4 is 5.91 Å². The number of amides is 1. The van der Waals surface area contributed by atoms with Gasteiger partial charge in [0.2, 0.25) is 5.91 Å². The molecule has 1 amide bonds. The second kappa shape index (κ2) is 7.24. The van der Waals surface area contributed by atoms with E-state index in [2.05, 4.69) is 36.1 Å². The number of likely N-dealkylation sites (tertiary alicyclic amines) is 1. The largest absolute Gasteiger partial charge is 0.338 e. The lowest BCUT2D eigenvalue weighted by Crippen LogP contribution is -2.54. The van der Waals surface area contributed by atoms with Crippen LogP contribution in [0, 0.1) is 0 Å². The van der Waals surface area contributed by atoms with Crippen LogP contribution >= 0.6 is 0 Å². The third-order valence-corrected chi connectivity index (χ3v) is 6.13. The van der Waals surface area contributed by atoms with E-state index in [-0.39, 0.29) is 11.3 Å². The number of piperidine rings is 1. The van der Waals surface area contributed by atoms with Gasteiger partial charge in [-0.15, -0.1) is 0 Å². The lowest BCUT2D eigenvalue weighted by atomic mass is 9.68. The summed E-state index contributed by atoms with van der Waals surface area (Å²) in [5.74, 6) is 0.195. The summed E-state index contributed by atoms with van der Waals surface area (Å²) < 4.78 is 0. The second-order valence-corrected chi connectivity index (χ2v) is 7.49. The van der Waals surface area contributed by atoms with Crippen LogP contribution in [0.4, 0.5) is 0 Å². The molecule has 0 radical (unpaired) electrons. The first kappa shape index (κ1) is 17.4. The molecule has 0 aliphatic carbocycles. The fourth-order valence-electron chi connectivity index (χ4n) is 4.69. The molecular formula is C20H31N3O. The maximum atomic E-state index is 12.0. The molecule has 24 heavy (non-hydrogen) atoms. The third-order valence-electron chi connectivity index (χ3n) is 6.13. The van der Waals surface area contributed by atoms with E-state index in [4.69, 9.17) is 5.73 Å². The van der Waals surface area contributed by atoms with Gasteiger partial charge in [-0.25, -0.2) is 0 Å². The van der Waals surface area contributed by atoms with Crippen LogP contribution in [0.25, 0.3) is 0 Å². The Kier molecular flexibility index (Phi) is 5.26. The molecule has 0 aromatic heterocycles. The molecule has 2 aliphatic heterocycles. The number of carbonyl (C=O) groups is 1. The van der Waals surface area contributed by atoms with Gasteiger partial charge in [-0.2, -0.15) is 0 Å². The zero-order valence-electron chi connectivity index (χ0n) is 15.1. The molecule has 4 heteroatoms. The smallest absolute Gasteiger partial charge is 0.219 e. The second-order valence-electron chi connectivity index (χ2n) is 7.49. The van der Waals surface area contributed by atoms with Gasteiger partial charge in [0.05, 0.1) is 0 Å². The van der Waals surface area contributed by atoms with Crippen molar-refractivity contribution in [2.75, 3.05) is 26.2 Å². The van der Waals surface area contributed by atoms with Crippen LogP contribution in [0.3, 0.4) is 0 Å². The topological polar surface area (TPSA) is 49.6 Å². The first-order chi connectivity index (χ1) is 11.6. The number of rotatable bonds is 4. The number of hydrogen-bond donors (Lipinski definition) is 1. The average molecular weight is 329 g/mol. The van der Waals surface area contributed by atoms with Gasteiger partial charge < -0.3 is 15.5 Å². The molecule has 2 N–H and O–H groups in total. The fourth-order valence-corrected chi connectivity index (χ4v) is 4.69. The minimum atomic E-state index is 0.137. The van der Waals surface area contributed by atoms with Crippen LogP contribution in [0.5, 0.6) is 0 Å². The van der Waals surface area contributed by atoms with Gasteiger partial charge in [-0.1, -0.05) is 31.2 Å². The van der Waals surface area contributed by atoms with E-state index in [0.29, 0.717) is 6.04 Å². The Morgan fingerprint density at radius 3 is 2.62 bits per heavy atom. The normalized spacial score (nSPS) is 21.5. The number of hydrogen-bond acceptors (Lipinski definition) is 3. The number of fused-ring (bicyclic) bond motifs is 2. The van der Waals surface area contributed by atoms with Gasteiger partial charge in [0.1, 0.15) is 0 Å². The van der Waals surface area contributed by atoms with E-state index in [0.717, 1.165) is 52.0 Å². The Balaban J connectivity index is 1.82. The Hall–Kier alpha value is -1.39. The SMILES string of the molecule is CCC(CCN)N1CCC2(CC1)CN(C(C)=O)Cc1ccccc12. The highest BCUT2D eigenvalue weighted by molar-refractivity contribution is 5.74. The van der Waals surface area contributed by atoms with E-state index >= 15 is 0 Å². The Labute approximate surface area is 146 Å². The van der Waals surface area contributed by atoms with Crippen molar-refractivity contribution in [3.8, 4) is 0 Å². The number of nitrogens with zero attached hydrogens (tertiary/aromatic N) is 2. The highest BCUT2D eigenvalue weighted by Crippen LogP contribution is 2.42. The molecular weight excluding hydrogens is 298 g/mol. The summed E-state index contributed by atoms with van der Waals surface area (Å²) >= 11 is 0. The zero-order valence-corrected chi connectivity index (χ0v) is 15.1. The molecule has 3 rings (SSSR count). The van der Waals surface area contributed by atoms with Crippen molar-refractivity contribution in [3.05, 3.63) is 35.4 Å². The first-order valence-electron chi connectivity index (χ1n) is 9.37. The van der Waals surface area contributed by atoms with Crippen LogP contribution in [-0.4, -0.2) is 47.9 Å². The van der Waals surface area contributed by atoms with E-state index in [1.807, 2.05) is 4.90 Å². The predicted octanol–water partition coefficient (Wildman–Crippen LogP) is 2.51. The molecule has 1 atom stereocenters. The van der Waals surface area contributed by atoms with Crippen LogP contribution < -0.4 is 5.73 Å². The lowest BCUT2D eigenvalue weighted by molar-refractivity contribution is -0.131. The van der Waals surface area contributed by atoms with E-state index in [1.165, 1.54) is 17.5 Å². The minimum absolute atomic E-state index is 0.137. The van der Waals surface area contributed by atoms with E-state index in [9.17, 15) is 4.79 Å². The quantitative estimate of drug-likeness (QED) is 0.923. The molecule has 0 saturated carbocycles. The maximum absolute atomic E-state index is 12.0.